The Labute approximate surface area is 164 Å². The molecule has 0 bridgehead atoms. The molecule has 1 aliphatic carbocycles. The number of rotatable bonds is 4. The Kier molecular flexibility index (Phi) is 5.13. The molecular formula is C21H24ClFN4. The predicted molar refractivity (Wildman–Crippen MR) is 107 cm³/mol. The molecule has 0 radical (unpaired) electrons. The summed E-state index contributed by atoms with van der Waals surface area (Å²) in [5.41, 5.74) is 2.38. The molecule has 0 N–H and O–H groups in total. The van der Waals surface area contributed by atoms with Crippen LogP contribution >= 0.6 is 11.6 Å². The lowest BCUT2D eigenvalue weighted by atomic mass is 9.82. The highest BCUT2D eigenvalue weighted by Crippen LogP contribution is 2.33. The average molecular weight is 387 g/mol. The molecule has 1 aliphatic heterocycles. The first kappa shape index (κ1) is 18.4. The van der Waals surface area contributed by atoms with Gasteiger partial charge in [0.05, 0.1) is 29.2 Å². The molecule has 1 saturated carbocycles. The van der Waals surface area contributed by atoms with E-state index in [9.17, 15) is 4.39 Å². The predicted octanol–water partition coefficient (Wildman–Crippen LogP) is 5.03. The van der Waals surface area contributed by atoms with Gasteiger partial charge < -0.3 is 4.90 Å². The van der Waals surface area contributed by atoms with Gasteiger partial charge in [-0.15, -0.1) is 0 Å². The topological polar surface area (TPSA) is 41.4 Å². The van der Waals surface area contributed by atoms with Crippen molar-refractivity contribution in [2.45, 2.75) is 51.6 Å². The number of halogens is 2. The second-order valence-corrected chi connectivity index (χ2v) is 7.83. The van der Waals surface area contributed by atoms with Crippen LogP contribution in [-0.2, 0) is 6.54 Å². The molecule has 2 aliphatic rings. The number of hydrogen-bond acceptors (Lipinski definition) is 4. The zero-order valence-electron chi connectivity index (χ0n) is 15.8. The van der Waals surface area contributed by atoms with E-state index in [1.54, 1.807) is 18.3 Å². The van der Waals surface area contributed by atoms with E-state index in [2.05, 4.69) is 28.8 Å². The second-order valence-electron chi connectivity index (χ2n) is 7.42. The van der Waals surface area contributed by atoms with Gasteiger partial charge in [-0.3, -0.25) is 4.99 Å². The fraction of sp³-hybridized carbons (Fsp3) is 0.476. The lowest BCUT2D eigenvalue weighted by Crippen LogP contribution is -2.40. The van der Waals surface area contributed by atoms with Gasteiger partial charge >= 0.3 is 0 Å². The number of nitrogens with zero attached hydrogens (tertiary/aromatic N) is 4. The van der Waals surface area contributed by atoms with Crippen molar-refractivity contribution in [2.75, 3.05) is 11.9 Å². The Hall–Kier alpha value is -2.01. The van der Waals surface area contributed by atoms with Crippen molar-refractivity contribution in [2.24, 2.45) is 10.9 Å². The maximum Gasteiger partial charge on any atom is 0.151 e. The molecule has 4 rings (SSSR count). The third-order valence-corrected chi connectivity index (χ3v) is 6.19. The van der Waals surface area contributed by atoms with Crippen LogP contribution in [0.1, 0.15) is 56.0 Å². The van der Waals surface area contributed by atoms with Crippen LogP contribution in [-0.4, -0.2) is 28.8 Å². The van der Waals surface area contributed by atoms with Crippen LogP contribution in [0, 0.1) is 11.7 Å². The van der Waals surface area contributed by atoms with Gasteiger partial charge in [-0.2, -0.15) is 0 Å². The molecule has 1 aromatic carbocycles. The fourth-order valence-corrected chi connectivity index (χ4v) is 4.54. The molecule has 4 nitrogen and oxygen atoms in total. The maximum atomic E-state index is 14.4. The summed E-state index contributed by atoms with van der Waals surface area (Å²) in [6.45, 7) is 2.69. The fourth-order valence-electron chi connectivity index (χ4n) is 4.37. The molecule has 142 valence electrons. The van der Waals surface area contributed by atoms with Crippen LogP contribution in [0.4, 0.5) is 10.2 Å². The van der Waals surface area contributed by atoms with Crippen molar-refractivity contribution in [3.63, 3.8) is 0 Å². The van der Waals surface area contributed by atoms with Crippen molar-refractivity contribution < 1.29 is 4.39 Å². The normalized spacial score (nSPS) is 21.7. The number of hydrogen-bond donors (Lipinski definition) is 0. The molecule has 0 unspecified atom stereocenters. The molecule has 2 aromatic rings. The molecule has 27 heavy (non-hydrogen) atoms. The van der Waals surface area contributed by atoms with Crippen molar-refractivity contribution in [3.8, 4) is 0 Å². The van der Waals surface area contributed by atoms with Crippen molar-refractivity contribution in [3.05, 3.63) is 52.2 Å². The van der Waals surface area contributed by atoms with Gasteiger partial charge in [-0.05, 0) is 30.9 Å². The van der Waals surface area contributed by atoms with E-state index in [1.807, 2.05) is 0 Å². The summed E-state index contributed by atoms with van der Waals surface area (Å²) < 4.78 is 14.4. The minimum absolute atomic E-state index is 0.0934. The van der Waals surface area contributed by atoms with E-state index in [0.717, 1.165) is 11.5 Å². The van der Waals surface area contributed by atoms with E-state index in [1.165, 1.54) is 38.2 Å². The van der Waals surface area contributed by atoms with E-state index in [-0.39, 0.29) is 5.02 Å². The Morgan fingerprint density at radius 3 is 2.89 bits per heavy atom. The van der Waals surface area contributed by atoms with Crippen LogP contribution in [0.2, 0.25) is 5.02 Å². The van der Waals surface area contributed by atoms with Crippen molar-refractivity contribution >= 4 is 23.1 Å². The number of aromatic nitrogens is 2. The average Bonchev–Trinajstić information content (AvgIpc) is 3.12. The lowest BCUT2D eigenvalue weighted by molar-refractivity contribution is 0.291. The monoisotopic (exact) mass is 386 g/mol. The van der Waals surface area contributed by atoms with E-state index >= 15 is 0 Å². The Bertz CT molecular complexity index is 882. The molecule has 1 aromatic heterocycles. The van der Waals surface area contributed by atoms with Gasteiger partial charge in [0.25, 0.3) is 0 Å². The molecule has 0 saturated heterocycles. The van der Waals surface area contributed by atoms with Crippen LogP contribution in [0.5, 0.6) is 0 Å². The largest absolute Gasteiger partial charge is 0.355 e. The molecule has 0 spiro atoms. The van der Waals surface area contributed by atoms with Gasteiger partial charge in [0.1, 0.15) is 11.5 Å². The molecule has 6 heteroatoms. The first-order chi connectivity index (χ1) is 13.1. The summed E-state index contributed by atoms with van der Waals surface area (Å²) >= 11 is 5.93. The number of anilines is 1. The number of benzene rings is 1. The van der Waals surface area contributed by atoms with Crippen molar-refractivity contribution in [1.29, 1.82) is 0 Å². The molecule has 0 amide bonds. The second kappa shape index (κ2) is 7.55. The zero-order chi connectivity index (χ0) is 19.0. The third kappa shape index (κ3) is 3.33. The minimum Gasteiger partial charge on any atom is -0.355 e. The zero-order valence-corrected chi connectivity index (χ0v) is 16.5. The van der Waals surface area contributed by atoms with Gasteiger partial charge in [0.15, 0.2) is 5.82 Å². The quantitative estimate of drug-likeness (QED) is 0.740. The minimum atomic E-state index is -0.457. The maximum absolute atomic E-state index is 14.4. The van der Waals surface area contributed by atoms with Crippen LogP contribution in [0.3, 0.4) is 0 Å². The molecule has 2 atom stereocenters. The van der Waals surface area contributed by atoms with Gasteiger partial charge in [-0.25, -0.2) is 14.4 Å². The highest BCUT2D eigenvalue weighted by atomic mass is 35.5. The number of aliphatic imine (C=N–C) groups is 1. The summed E-state index contributed by atoms with van der Waals surface area (Å²) in [5.74, 6) is 1.12. The van der Waals surface area contributed by atoms with Crippen LogP contribution in [0.15, 0.2) is 29.4 Å². The SMILES string of the molecule is CC[C@H]1CCCC[C@@H]1N(C)c1cnc2c(n1)CN=C2c1cccc(Cl)c1F. The van der Waals surface area contributed by atoms with Gasteiger partial charge in [-0.1, -0.05) is 43.9 Å². The van der Waals surface area contributed by atoms with E-state index < -0.39 is 5.82 Å². The number of fused-ring (bicyclic) bond motifs is 1. The third-order valence-electron chi connectivity index (χ3n) is 5.90. The Morgan fingerprint density at radius 2 is 2.07 bits per heavy atom. The first-order valence-corrected chi connectivity index (χ1v) is 10.1. The van der Waals surface area contributed by atoms with Gasteiger partial charge in [0.2, 0.25) is 0 Å². The van der Waals surface area contributed by atoms with E-state index in [4.69, 9.17) is 16.6 Å². The standard InChI is InChI=1S/C21H24ClFN4/c1-3-13-7-4-5-10-17(13)27(2)18-12-25-21-16(26-18)11-24-20(21)14-8-6-9-15(22)19(14)23/h6,8-9,12-13,17H,3-5,7,10-11H2,1-2H3/t13-,17-/m0/s1. The molecule has 1 fully saturated rings. The summed E-state index contributed by atoms with van der Waals surface area (Å²) in [7, 11) is 2.11. The van der Waals surface area contributed by atoms with Crippen LogP contribution < -0.4 is 4.90 Å². The van der Waals surface area contributed by atoms with Crippen LogP contribution in [0.25, 0.3) is 0 Å². The highest BCUT2D eigenvalue weighted by Gasteiger charge is 2.29. The van der Waals surface area contributed by atoms with Crippen molar-refractivity contribution in [1.82, 2.24) is 9.97 Å². The summed E-state index contributed by atoms with van der Waals surface area (Å²) in [6, 6.07) is 5.45. The summed E-state index contributed by atoms with van der Waals surface area (Å²) in [4.78, 5) is 16.2. The Balaban J connectivity index is 1.62. The lowest BCUT2D eigenvalue weighted by Gasteiger charge is -2.38. The van der Waals surface area contributed by atoms with Gasteiger partial charge in [0, 0.05) is 18.7 Å². The van der Waals surface area contributed by atoms with E-state index in [0.29, 0.717) is 35.5 Å². The first-order valence-electron chi connectivity index (χ1n) is 9.68. The summed E-state index contributed by atoms with van der Waals surface area (Å²) in [5, 5.41) is 0.0934. The Morgan fingerprint density at radius 1 is 1.26 bits per heavy atom. The molecule has 2 heterocycles. The highest BCUT2D eigenvalue weighted by molar-refractivity contribution is 6.31. The summed E-state index contributed by atoms with van der Waals surface area (Å²) in [6.07, 6.45) is 8.05. The smallest absolute Gasteiger partial charge is 0.151 e. The molecular weight excluding hydrogens is 363 g/mol.